The zero-order chi connectivity index (χ0) is 18.0. The molecular formula is C18H28N4O3. The molecule has 7 nitrogen and oxygen atoms in total. The largest absolute Gasteiger partial charge is 0.380 e. The molecule has 0 aliphatic carbocycles. The van der Waals surface area contributed by atoms with E-state index in [1.54, 1.807) is 4.68 Å². The van der Waals surface area contributed by atoms with Crippen LogP contribution in [0.3, 0.4) is 0 Å². The summed E-state index contributed by atoms with van der Waals surface area (Å²) in [5.41, 5.74) is 1.54. The first-order chi connectivity index (χ1) is 11.9. The highest BCUT2D eigenvalue weighted by Crippen LogP contribution is 2.40. The lowest BCUT2D eigenvalue weighted by atomic mass is 9.77. The molecule has 1 aromatic heterocycles. The molecule has 2 amide bonds. The molecule has 2 aliphatic rings. The van der Waals surface area contributed by atoms with Crippen LogP contribution in [-0.4, -0.2) is 71.3 Å². The highest BCUT2D eigenvalue weighted by Gasteiger charge is 2.44. The normalized spacial score (nSPS) is 19.9. The van der Waals surface area contributed by atoms with Crippen molar-refractivity contribution in [2.24, 2.45) is 5.41 Å². The van der Waals surface area contributed by atoms with E-state index in [0.717, 1.165) is 25.1 Å². The maximum absolute atomic E-state index is 12.9. The van der Waals surface area contributed by atoms with Gasteiger partial charge in [-0.05, 0) is 32.8 Å². The van der Waals surface area contributed by atoms with Crippen molar-refractivity contribution >= 4 is 11.8 Å². The molecule has 7 heteroatoms. The van der Waals surface area contributed by atoms with Gasteiger partial charge < -0.3 is 14.5 Å². The zero-order valence-electron chi connectivity index (χ0n) is 15.5. The summed E-state index contributed by atoms with van der Waals surface area (Å²) in [6.45, 7) is 7.87. The Morgan fingerprint density at radius 1 is 1.36 bits per heavy atom. The van der Waals surface area contributed by atoms with Gasteiger partial charge in [-0.25, -0.2) is 0 Å². The number of carbonyl (C=O) groups excluding carboxylic acids is 2. The molecule has 25 heavy (non-hydrogen) atoms. The molecule has 0 N–H and O–H groups in total. The summed E-state index contributed by atoms with van der Waals surface area (Å²) in [5.74, 6) is 0.258. The van der Waals surface area contributed by atoms with Crippen LogP contribution < -0.4 is 0 Å². The number of nitrogens with zero attached hydrogens (tertiary/aromatic N) is 4. The predicted octanol–water partition coefficient (Wildman–Crippen LogP) is 1.31. The Morgan fingerprint density at radius 3 is 2.68 bits per heavy atom. The van der Waals surface area contributed by atoms with E-state index >= 15 is 0 Å². The fraction of sp³-hybridized carbons (Fsp3) is 0.722. The highest BCUT2D eigenvalue weighted by atomic mass is 16.5. The van der Waals surface area contributed by atoms with Gasteiger partial charge >= 0.3 is 0 Å². The molecule has 0 atom stereocenters. The average Bonchev–Trinajstić information content (AvgIpc) is 3.08. The van der Waals surface area contributed by atoms with Crippen LogP contribution in [0.25, 0.3) is 0 Å². The number of aromatic nitrogens is 2. The first-order valence-electron chi connectivity index (χ1n) is 9.09. The van der Waals surface area contributed by atoms with Gasteiger partial charge in [0.25, 0.3) is 5.91 Å². The number of likely N-dealkylation sites (tertiary alicyclic amines) is 2. The third-order valence-corrected chi connectivity index (χ3v) is 5.41. The minimum atomic E-state index is 0.0321. The number of carbonyl (C=O) groups is 2. The Hall–Kier alpha value is -1.89. The number of ether oxygens (including phenoxy) is 1. The van der Waals surface area contributed by atoms with Crippen molar-refractivity contribution in [2.45, 2.75) is 39.7 Å². The van der Waals surface area contributed by atoms with E-state index in [-0.39, 0.29) is 17.2 Å². The monoisotopic (exact) mass is 348 g/mol. The first-order valence-corrected chi connectivity index (χ1v) is 9.09. The van der Waals surface area contributed by atoms with Crippen LogP contribution in [0, 0.1) is 12.3 Å². The molecule has 1 aromatic rings. The molecule has 3 rings (SSSR count). The van der Waals surface area contributed by atoms with E-state index in [2.05, 4.69) is 5.10 Å². The summed E-state index contributed by atoms with van der Waals surface area (Å²) in [6.07, 6.45) is 2.40. The lowest BCUT2D eigenvalue weighted by molar-refractivity contribution is -0.126. The number of hydrogen-bond donors (Lipinski definition) is 0. The Bertz CT molecular complexity index is 647. The van der Waals surface area contributed by atoms with Gasteiger partial charge in [0.15, 0.2) is 0 Å². The summed E-state index contributed by atoms with van der Waals surface area (Å²) in [7, 11) is 1.87. The molecule has 2 aliphatic heterocycles. The third-order valence-electron chi connectivity index (χ3n) is 5.41. The molecule has 2 fully saturated rings. The number of amides is 2. The summed E-state index contributed by atoms with van der Waals surface area (Å²) in [6, 6.07) is 1.85. The maximum atomic E-state index is 12.9. The number of aryl methyl sites for hydroxylation is 1. The fourth-order valence-electron chi connectivity index (χ4n) is 3.97. The van der Waals surface area contributed by atoms with E-state index in [0.29, 0.717) is 45.0 Å². The molecule has 1 spiro atoms. The van der Waals surface area contributed by atoms with Crippen LogP contribution in [0.15, 0.2) is 6.07 Å². The van der Waals surface area contributed by atoms with E-state index < -0.39 is 0 Å². The molecule has 0 radical (unpaired) electrons. The second kappa shape index (κ2) is 7.15. The van der Waals surface area contributed by atoms with Gasteiger partial charge in [0, 0.05) is 45.1 Å². The molecule has 0 bridgehead atoms. The molecule has 3 heterocycles. The minimum Gasteiger partial charge on any atom is -0.380 e. The molecule has 0 aromatic carbocycles. The molecule has 0 saturated carbocycles. The standard InChI is InChI=1S/C18H28N4O3/c1-4-25-10-9-22-15(11-14(2)19-22)17(24)21-7-5-18(6-8-21)12-16(23)20(3)13-18/h11H,4-10,12-13H2,1-3H3. The van der Waals surface area contributed by atoms with Crippen molar-refractivity contribution < 1.29 is 14.3 Å². The van der Waals surface area contributed by atoms with Gasteiger partial charge in [-0.2, -0.15) is 5.10 Å². The van der Waals surface area contributed by atoms with Crippen LogP contribution in [-0.2, 0) is 16.1 Å². The number of piperidine rings is 1. The van der Waals surface area contributed by atoms with Crippen molar-refractivity contribution in [3.63, 3.8) is 0 Å². The topological polar surface area (TPSA) is 67.7 Å². The summed E-state index contributed by atoms with van der Waals surface area (Å²) >= 11 is 0. The van der Waals surface area contributed by atoms with Crippen molar-refractivity contribution in [3.8, 4) is 0 Å². The fourth-order valence-corrected chi connectivity index (χ4v) is 3.97. The maximum Gasteiger partial charge on any atom is 0.272 e. The Balaban J connectivity index is 1.64. The van der Waals surface area contributed by atoms with Gasteiger partial charge in [0.2, 0.25) is 5.91 Å². The van der Waals surface area contributed by atoms with Crippen molar-refractivity contribution in [1.82, 2.24) is 19.6 Å². The summed E-state index contributed by atoms with van der Waals surface area (Å²) in [4.78, 5) is 28.6. The first kappa shape index (κ1) is 17.9. The second-order valence-electron chi connectivity index (χ2n) is 7.31. The Kier molecular flexibility index (Phi) is 5.13. The minimum absolute atomic E-state index is 0.0321. The second-order valence-corrected chi connectivity index (χ2v) is 7.31. The molecule has 138 valence electrons. The quantitative estimate of drug-likeness (QED) is 0.753. The lowest BCUT2D eigenvalue weighted by Crippen LogP contribution is -2.44. The average molecular weight is 348 g/mol. The predicted molar refractivity (Wildman–Crippen MR) is 93.3 cm³/mol. The lowest BCUT2D eigenvalue weighted by Gasteiger charge is -2.38. The zero-order valence-corrected chi connectivity index (χ0v) is 15.5. The molecule has 0 unspecified atom stereocenters. The van der Waals surface area contributed by atoms with Crippen molar-refractivity contribution in [3.05, 3.63) is 17.5 Å². The van der Waals surface area contributed by atoms with E-state index in [9.17, 15) is 9.59 Å². The van der Waals surface area contributed by atoms with Crippen LogP contribution >= 0.6 is 0 Å². The van der Waals surface area contributed by atoms with Gasteiger partial charge in [0.1, 0.15) is 5.69 Å². The van der Waals surface area contributed by atoms with Gasteiger partial charge in [0.05, 0.1) is 18.8 Å². The van der Waals surface area contributed by atoms with E-state index in [1.165, 1.54) is 0 Å². The van der Waals surface area contributed by atoms with Crippen molar-refractivity contribution in [2.75, 3.05) is 39.9 Å². The van der Waals surface area contributed by atoms with Crippen molar-refractivity contribution in [1.29, 1.82) is 0 Å². The Morgan fingerprint density at radius 2 is 2.08 bits per heavy atom. The molecular weight excluding hydrogens is 320 g/mol. The van der Waals surface area contributed by atoms with E-state index in [4.69, 9.17) is 4.74 Å². The smallest absolute Gasteiger partial charge is 0.272 e. The van der Waals surface area contributed by atoms with Gasteiger partial charge in [-0.15, -0.1) is 0 Å². The van der Waals surface area contributed by atoms with Gasteiger partial charge in [-0.1, -0.05) is 0 Å². The van der Waals surface area contributed by atoms with Gasteiger partial charge in [-0.3, -0.25) is 14.3 Å². The van der Waals surface area contributed by atoms with E-state index in [1.807, 2.05) is 36.8 Å². The van der Waals surface area contributed by atoms with Crippen LogP contribution in [0.4, 0.5) is 0 Å². The highest BCUT2D eigenvalue weighted by molar-refractivity contribution is 5.92. The van der Waals surface area contributed by atoms with Crippen LogP contribution in [0.2, 0.25) is 0 Å². The Labute approximate surface area is 148 Å². The SMILES string of the molecule is CCOCCn1nc(C)cc1C(=O)N1CCC2(CC1)CC(=O)N(C)C2. The third kappa shape index (κ3) is 3.71. The van der Waals surface area contributed by atoms with Crippen LogP contribution in [0.1, 0.15) is 42.4 Å². The van der Waals surface area contributed by atoms with Crippen LogP contribution in [0.5, 0.6) is 0 Å². The number of rotatable bonds is 5. The summed E-state index contributed by atoms with van der Waals surface area (Å²) < 4.78 is 7.14. The molecule has 2 saturated heterocycles. The number of hydrogen-bond acceptors (Lipinski definition) is 4. The summed E-state index contributed by atoms with van der Waals surface area (Å²) in [5, 5.41) is 4.43.